The van der Waals surface area contributed by atoms with Gasteiger partial charge < -0.3 is 9.30 Å². The van der Waals surface area contributed by atoms with E-state index in [-0.39, 0.29) is 5.75 Å². The van der Waals surface area contributed by atoms with Crippen molar-refractivity contribution in [2.75, 3.05) is 12.4 Å². The van der Waals surface area contributed by atoms with Gasteiger partial charge in [0.25, 0.3) is 5.91 Å². The average molecular weight is 419 g/mol. The van der Waals surface area contributed by atoms with E-state index >= 15 is 0 Å². The van der Waals surface area contributed by atoms with E-state index in [1.54, 1.807) is 24.3 Å². The standard InChI is InChI=1S/C20H22N2O4S2/c1-3-22-19-16(26-4-2)11-8-12-17(19)27-20(22)21-18(23)14-28(24,25)13-15-9-6-5-7-10-15/h5-12H,3-4,13-14H2,1-2H3. The van der Waals surface area contributed by atoms with Crippen molar-refractivity contribution >= 4 is 37.3 Å². The zero-order chi connectivity index (χ0) is 20.1. The molecular formula is C20H22N2O4S2. The topological polar surface area (TPSA) is 77.7 Å². The second-order valence-corrected chi connectivity index (χ2v) is 9.26. The van der Waals surface area contributed by atoms with Gasteiger partial charge >= 0.3 is 0 Å². The molecule has 148 valence electrons. The molecule has 0 fully saturated rings. The van der Waals surface area contributed by atoms with Crippen LogP contribution < -0.4 is 9.54 Å². The van der Waals surface area contributed by atoms with Crippen LogP contribution in [-0.4, -0.2) is 31.3 Å². The summed E-state index contributed by atoms with van der Waals surface area (Å²) in [6.45, 7) is 4.98. The fourth-order valence-corrected chi connectivity index (χ4v) is 5.33. The van der Waals surface area contributed by atoms with Crippen LogP contribution >= 0.6 is 11.3 Å². The van der Waals surface area contributed by atoms with Crippen molar-refractivity contribution in [3.05, 3.63) is 58.9 Å². The van der Waals surface area contributed by atoms with Crippen LogP contribution in [0.5, 0.6) is 5.75 Å². The van der Waals surface area contributed by atoms with E-state index in [0.29, 0.717) is 23.5 Å². The number of para-hydroxylation sites is 1. The van der Waals surface area contributed by atoms with E-state index in [9.17, 15) is 13.2 Å². The van der Waals surface area contributed by atoms with Gasteiger partial charge in [0.2, 0.25) is 0 Å². The Hall–Kier alpha value is -2.45. The second kappa shape index (κ2) is 8.70. The molecule has 2 aromatic carbocycles. The minimum Gasteiger partial charge on any atom is -0.492 e. The number of fused-ring (bicyclic) bond motifs is 1. The van der Waals surface area contributed by atoms with Crippen molar-refractivity contribution in [1.82, 2.24) is 4.57 Å². The summed E-state index contributed by atoms with van der Waals surface area (Å²) in [7, 11) is -3.59. The molecule has 3 rings (SSSR count). The van der Waals surface area contributed by atoms with Gasteiger partial charge in [-0.1, -0.05) is 47.7 Å². The molecule has 1 amide bonds. The zero-order valence-corrected chi connectivity index (χ0v) is 17.4. The highest BCUT2D eigenvalue weighted by Crippen LogP contribution is 2.27. The van der Waals surface area contributed by atoms with E-state index in [4.69, 9.17) is 4.74 Å². The zero-order valence-electron chi connectivity index (χ0n) is 15.8. The Balaban J connectivity index is 1.91. The minimum atomic E-state index is -3.59. The molecule has 0 aliphatic heterocycles. The summed E-state index contributed by atoms with van der Waals surface area (Å²) in [4.78, 5) is 17.0. The number of amides is 1. The van der Waals surface area contributed by atoms with Crippen molar-refractivity contribution in [3.63, 3.8) is 0 Å². The first kappa shape index (κ1) is 20.3. The van der Waals surface area contributed by atoms with Gasteiger partial charge in [0.05, 0.1) is 17.1 Å². The third-order valence-electron chi connectivity index (χ3n) is 4.07. The SMILES string of the molecule is CCOc1cccc2sc(=NC(=O)CS(=O)(=O)Cc3ccccc3)n(CC)c12. The molecule has 0 aliphatic carbocycles. The predicted molar refractivity (Wildman–Crippen MR) is 111 cm³/mol. The fraction of sp³-hybridized carbons (Fsp3) is 0.300. The number of ether oxygens (including phenoxy) is 1. The molecule has 0 N–H and O–H groups in total. The monoisotopic (exact) mass is 418 g/mol. The van der Waals surface area contributed by atoms with Crippen LogP contribution in [0.3, 0.4) is 0 Å². The third-order valence-corrected chi connectivity index (χ3v) is 6.58. The van der Waals surface area contributed by atoms with Crippen LogP contribution in [0.2, 0.25) is 0 Å². The second-order valence-electron chi connectivity index (χ2n) is 6.19. The van der Waals surface area contributed by atoms with E-state index in [1.165, 1.54) is 11.3 Å². The number of sulfone groups is 1. The van der Waals surface area contributed by atoms with Crippen LogP contribution in [-0.2, 0) is 26.9 Å². The van der Waals surface area contributed by atoms with Gasteiger partial charge in [-0.3, -0.25) is 4.79 Å². The first-order chi connectivity index (χ1) is 13.4. The third kappa shape index (κ3) is 4.69. The van der Waals surface area contributed by atoms with Gasteiger partial charge in [-0.05, 0) is 31.5 Å². The number of carbonyl (C=O) groups excluding carboxylic acids is 1. The first-order valence-electron chi connectivity index (χ1n) is 9.00. The molecule has 28 heavy (non-hydrogen) atoms. The molecule has 0 saturated carbocycles. The van der Waals surface area contributed by atoms with Crippen LogP contribution in [0.15, 0.2) is 53.5 Å². The molecule has 1 aromatic heterocycles. The van der Waals surface area contributed by atoms with E-state index in [1.807, 2.05) is 42.7 Å². The average Bonchev–Trinajstić information content (AvgIpc) is 2.99. The lowest BCUT2D eigenvalue weighted by molar-refractivity contribution is -0.115. The normalized spacial score (nSPS) is 12.4. The van der Waals surface area contributed by atoms with Crippen LogP contribution in [0.25, 0.3) is 10.2 Å². The molecule has 0 spiro atoms. The molecule has 1 heterocycles. The van der Waals surface area contributed by atoms with Gasteiger partial charge in [0, 0.05) is 6.54 Å². The van der Waals surface area contributed by atoms with Crippen molar-refractivity contribution in [3.8, 4) is 5.75 Å². The lowest BCUT2D eigenvalue weighted by Crippen LogP contribution is -2.21. The van der Waals surface area contributed by atoms with E-state index in [2.05, 4.69) is 4.99 Å². The van der Waals surface area contributed by atoms with Crippen LogP contribution in [0.4, 0.5) is 0 Å². The molecule has 0 radical (unpaired) electrons. The number of hydrogen-bond donors (Lipinski definition) is 0. The molecular weight excluding hydrogens is 396 g/mol. The highest BCUT2D eigenvalue weighted by molar-refractivity contribution is 7.91. The summed E-state index contributed by atoms with van der Waals surface area (Å²) in [6, 6.07) is 14.5. The van der Waals surface area contributed by atoms with Crippen molar-refractivity contribution in [2.24, 2.45) is 4.99 Å². The summed E-state index contributed by atoms with van der Waals surface area (Å²) in [5, 5.41) is 0. The Morgan fingerprint density at radius 1 is 1.11 bits per heavy atom. The van der Waals surface area contributed by atoms with Crippen LogP contribution in [0, 0.1) is 0 Å². The highest BCUT2D eigenvalue weighted by Gasteiger charge is 2.18. The number of thiazole rings is 1. The van der Waals surface area contributed by atoms with Gasteiger partial charge in [-0.15, -0.1) is 0 Å². The van der Waals surface area contributed by atoms with E-state index in [0.717, 1.165) is 16.0 Å². The fourth-order valence-electron chi connectivity index (χ4n) is 2.95. The Bertz CT molecular complexity index is 1150. The summed E-state index contributed by atoms with van der Waals surface area (Å²) in [5.41, 5.74) is 1.53. The first-order valence-corrected chi connectivity index (χ1v) is 11.6. The molecule has 0 saturated heterocycles. The molecule has 0 atom stereocenters. The Morgan fingerprint density at radius 2 is 1.86 bits per heavy atom. The molecule has 3 aromatic rings. The van der Waals surface area contributed by atoms with Gasteiger partial charge in [-0.25, -0.2) is 8.42 Å². The smallest absolute Gasteiger partial charge is 0.263 e. The number of aromatic nitrogens is 1. The maximum Gasteiger partial charge on any atom is 0.263 e. The maximum absolute atomic E-state index is 12.4. The van der Waals surface area contributed by atoms with Crippen LogP contribution in [0.1, 0.15) is 19.4 Å². The summed E-state index contributed by atoms with van der Waals surface area (Å²) >= 11 is 1.35. The van der Waals surface area contributed by atoms with Gasteiger partial charge in [0.15, 0.2) is 14.6 Å². The molecule has 0 aliphatic rings. The molecule has 0 unspecified atom stereocenters. The van der Waals surface area contributed by atoms with E-state index < -0.39 is 21.5 Å². The Kier molecular flexibility index (Phi) is 6.31. The lowest BCUT2D eigenvalue weighted by atomic mass is 10.2. The largest absolute Gasteiger partial charge is 0.492 e. The maximum atomic E-state index is 12.4. The van der Waals surface area contributed by atoms with Crippen molar-refractivity contribution < 1.29 is 17.9 Å². The Morgan fingerprint density at radius 3 is 2.54 bits per heavy atom. The summed E-state index contributed by atoms with van der Waals surface area (Å²) < 4.78 is 33.2. The molecule has 0 bridgehead atoms. The summed E-state index contributed by atoms with van der Waals surface area (Å²) in [6.07, 6.45) is 0. The number of hydrogen-bond acceptors (Lipinski definition) is 5. The summed E-state index contributed by atoms with van der Waals surface area (Å²) in [5.74, 6) is -0.728. The highest BCUT2D eigenvalue weighted by atomic mass is 32.2. The predicted octanol–water partition coefficient (Wildman–Crippen LogP) is 3.16. The number of carbonyl (C=O) groups is 1. The van der Waals surface area contributed by atoms with Crippen molar-refractivity contribution in [1.29, 1.82) is 0 Å². The minimum absolute atomic E-state index is 0.177. The van der Waals surface area contributed by atoms with Crippen molar-refractivity contribution in [2.45, 2.75) is 26.1 Å². The van der Waals surface area contributed by atoms with Gasteiger partial charge in [0.1, 0.15) is 17.0 Å². The number of rotatable bonds is 7. The molecule has 8 heteroatoms. The lowest BCUT2D eigenvalue weighted by Gasteiger charge is -2.07. The quantitative estimate of drug-likeness (QED) is 0.590. The number of benzene rings is 2. The number of nitrogens with zero attached hydrogens (tertiary/aromatic N) is 2. The number of aryl methyl sites for hydroxylation is 1. The van der Waals surface area contributed by atoms with Gasteiger partial charge in [-0.2, -0.15) is 4.99 Å². The Labute approximate surface area is 168 Å². The molecule has 6 nitrogen and oxygen atoms in total.